The van der Waals surface area contributed by atoms with Gasteiger partial charge in [-0.25, -0.2) is 0 Å². The Morgan fingerprint density at radius 3 is 2.33 bits per heavy atom. The van der Waals surface area contributed by atoms with E-state index in [1.54, 1.807) is 0 Å². The van der Waals surface area contributed by atoms with Crippen LogP contribution in [-0.2, 0) is 0 Å². The summed E-state index contributed by atoms with van der Waals surface area (Å²) in [6.45, 7) is 5.07. The highest BCUT2D eigenvalue weighted by molar-refractivity contribution is 5.82. The first-order valence-electron chi connectivity index (χ1n) is 7.61. The van der Waals surface area contributed by atoms with Gasteiger partial charge in [0.25, 0.3) is 0 Å². The van der Waals surface area contributed by atoms with E-state index >= 15 is 0 Å². The standard InChI is InChI=1S/C19H23NO/c1-3-4-5-14-21-19-12-8-17(9-13-19)15-20-18-10-6-16(2)7-11-18/h6-13,15H,3-5,14H2,1-2H3. The maximum absolute atomic E-state index is 5.69. The maximum atomic E-state index is 5.69. The Labute approximate surface area is 127 Å². The van der Waals surface area contributed by atoms with Crippen molar-refractivity contribution >= 4 is 11.9 Å². The molecule has 0 unspecified atom stereocenters. The zero-order valence-corrected chi connectivity index (χ0v) is 12.9. The summed E-state index contributed by atoms with van der Waals surface area (Å²) in [6.07, 6.45) is 5.44. The topological polar surface area (TPSA) is 21.6 Å². The highest BCUT2D eigenvalue weighted by atomic mass is 16.5. The number of ether oxygens (including phenoxy) is 1. The van der Waals surface area contributed by atoms with Gasteiger partial charge < -0.3 is 4.74 Å². The summed E-state index contributed by atoms with van der Waals surface area (Å²) < 4.78 is 5.69. The van der Waals surface area contributed by atoms with Crippen molar-refractivity contribution in [3.05, 3.63) is 59.7 Å². The van der Waals surface area contributed by atoms with E-state index in [2.05, 4.69) is 31.0 Å². The Morgan fingerprint density at radius 1 is 0.952 bits per heavy atom. The SMILES string of the molecule is CCCCCOc1ccc(C=Nc2ccc(C)cc2)cc1. The summed E-state index contributed by atoms with van der Waals surface area (Å²) in [6, 6.07) is 16.3. The molecule has 0 heterocycles. The first-order valence-corrected chi connectivity index (χ1v) is 7.61. The highest BCUT2D eigenvalue weighted by Crippen LogP contribution is 2.15. The van der Waals surface area contributed by atoms with E-state index in [0.717, 1.165) is 30.0 Å². The molecule has 0 atom stereocenters. The Kier molecular flexibility index (Phi) is 6.01. The van der Waals surface area contributed by atoms with Crippen LogP contribution in [0.4, 0.5) is 5.69 Å². The molecule has 0 saturated heterocycles. The molecule has 21 heavy (non-hydrogen) atoms. The Hall–Kier alpha value is -2.09. The van der Waals surface area contributed by atoms with Crippen molar-refractivity contribution in [1.82, 2.24) is 0 Å². The number of aryl methyl sites for hydroxylation is 1. The minimum Gasteiger partial charge on any atom is -0.494 e. The van der Waals surface area contributed by atoms with Gasteiger partial charge in [-0.2, -0.15) is 0 Å². The third-order valence-corrected chi connectivity index (χ3v) is 3.29. The number of rotatable bonds is 7. The molecule has 0 radical (unpaired) electrons. The number of hydrogen-bond acceptors (Lipinski definition) is 2. The highest BCUT2D eigenvalue weighted by Gasteiger charge is 1.94. The van der Waals surface area contributed by atoms with E-state index in [1.807, 2.05) is 42.6 Å². The quantitative estimate of drug-likeness (QED) is 0.497. The number of unbranched alkanes of at least 4 members (excludes halogenated alkanes) is 2. The van der Waals surface area contributed by atoms with Crippen LogP contribution in [0.25, 0.3) is 0 Å². The van der Waals surface area contributed by atoms with Gasteiger partial charge in [0, 0.05) is 6.21 Å². The van der Waals surface area contributed by atoms with Gasteiger partial charge in [0.1, 0.15) is 5.75 Å². The van der Waals surface area contributed by atoms with Gasteiger partial charge in [-0.05, 0) is 55.3 Å². The number of hydrogen-bond donors (Lipinski definition) is 0. The third kappa shape index (κ3) is 5.42. The van der Waals surface area contributed by atoms with E-state index < -0.39 is 0 Å². The van der Waals surface area contributed by atoms with E-state index in [1.165, 1.54) is 18.4 Å². The van der Waals surface area contributed by atoms with Crippen molar-refractivity contribution in [2.45, 2.75) is 33.1 Å². The lowest BCUT2D eigenvalue weighted by Crippen LogP contribution is -1.96. The molecule has 110 valence electrons. The molecule has 0 spiro atoms. The zero-order valence-electron chi connectivity index (χ0n) is 12.9. The van der Waals surface area contributed by atoms with Crippen LogP contribution < -0.4 is 4.74 Å². The van der Waals surface area contributed by atoms with Crippen LogP contribution >= 0.6 is 0 Å². The molecule has 0 amide bonds. The van der Waals surface area contributed by atoms with Gasteiger partial charge in [-0.3, -0.25) is 4.99 Å². The fourth-order valence-corrected chi connectivity index (χ4v) is 1.97. The van der Waals surface area contributed by atoms with Crippen molar-refractivity contribution in [2.24, 2.45) is 4.99 Å². The Balaban J connectivity index is 1.88. The molecule has 2 nitrogen and oxygen atoms in total. The molecule has 0 aromatic heterocycles. The van der Waals surface area contributed by atoms with Crippen molar-refractivity contribution < 1.29 is 4.74 Å². The third-order valence-electron chi connectivity index (χ3n) is 3.29. The first kappa shape index (κ1) is 15.3. The largest absolute Gasteiger partial charge is 0.494 e. The second-order valence-corrected chi connectivity index (χ2v) is 5.22. The van der Waals surface area contributed by atoms with Crippen LogP contribution in [0.5, 0.6) is 5.75 Å². The molecular weight excluding hydrogens is 258 g/mol. The number of benzene rings is 2. The average Bonchev–Trinajstić information content (AvgIpc) is 2.52. The van der Waals surface area contributed by atoms with E-state index in [0.29, 0.717) is 0 Å². The molecule has 0 aliphatic carbocycles. The first-order chi connectivity index (χ1) is 10.3. The monoisotopic (exact) mass is 281 g/mol. The summed E-state index contributed by atoms with van der Waals surface area (Å²) in [5, 5.41) is 0. The molecule has 0 aliphatic heterocycles. The fraction of sp³-hybridized carbons (Fsp3) is 0.316. The molecule has 2 aromatic rings. The molecule has 2 heteroatoms. The van der Waals surface area contributed by atoms with Crippen LogP contribution in [0.3, 0.4) is 0 Å². The maximum Gasteiger partial charge on any atom is 0.119 e. The van der Waals surface area contributed by atoms with Gasteiger partial charge in [-0.1, -0.05) is 37.5 Å². The lowest BCUT2D eigenvalue weighted by molar-refractivity contribution is 0.306. The van der Waals surface area contributed by atoms with Gasteiger partial charge >= 0.3 is 0 Å². The minimum atomic E-state index is 0.796. The summed E-state index contributed by atoms with van der Waals surface area (Å²) in [7, 11) is 0. The predicted octanol–water partition coefficient (Wildman–Crippen LogP) is 5.31. The molecular formula is C19H23NO. The molecule has 0 fully saturated rings. The molecule has 0 bridgehead atoms. The number of aliphatic imine (C=N–C) groups is 1. The summed E-state index contributed by atoms with van der Waals surface area (Å²) >= 11 is 0. The zero-order chi connectivity index (χ0) is 14.9. The lowest BCUT2D eigenvalue weighted by atomic mass is 10.2. The molecule has 2 rings (SSSR count). The van der Waals surface area contributed by atoms with Gasteiger partial charge in [0.2, 0.25) is 0 Å². The van der Waals surface area contributed by atoms with Crippen LogP contribution in [0.1, 0.15) is 37.3 Å². The fourth-order valence-electron chi connectivity index (χ4n) is 1.97. The van der Waals surface area contributed by atoms with Crippen molar-refractivity contribution in [2.75, 3.05) is 6.61 Å². The number of nitrogens with zero attached hydrogens (tertiary/aromatic N) is 1. The lowest BCUT2D eigenvalue weighted by Gasteiger charge is -2.05. The summed E-state index contributed by atoms with van der Waals surface area (Å²) in [5.41, 5.74) is 3.30. The van der Waals surface area contributed by atoms with E-state index in [4.69, 9.17) is 4.74 Å². The summed E-state index contributed by atoms with van der Waals surface area (Å²) in [4.78, 5) is 4.47. The van der Waals surface area contributed by atoms with Gasteiger partial charge in [-0.15, -0.1) is 0 Å². The van der Waals surface area contributed by atoms with Gasteiger partial charge in [0.05, 0.1) is 12.3 Å². The van der Waals surface area contributed by atoms with Crippen LogP contribution in [0, 0.1) is 6.92 Å². The van der Waals surface area contributed by atoms with Crippen LogP contribution in [0.2, 0.25) is 0 Å². The normalized spacial score (nSPS) is 11.0. The van der Waals surface area contributed by atoms with Gasteiger partial charge in [0.15, 0.2) is 0 Å². The van der Waals surface area contributed by atoms with Crippen LogP contribution in [-0.4, -0.2) is 12.8 Å². The van der Waals surface area contributed by atoms with E-state index in [9.17, 15) is 0 Å². The second kappa shape index (κ2) is 8.25. The molecule has 0 saturated carbocycles. The molecule has 0 aliphatic rings. The van der Waals surface area contributed by atoms with Crippen molar-refractivity contribution in [1.29, 1.82) is 0 Å². The van der Waals surface area contributed by atoms with Crippen molar-refractivity contribution in [3.63, 3.8) is 0 Å². The Bertz CT molecular complexity index is 555. The Morgan fingerprint density at radius 2 is 1.67 bits per heavy atom. The van der Waals surface area contributed by atoms with Crippen LogP contribution in [0.15, 0.2) is 53.5 Å². The summed E-state index contributed by atoms with van der Waals surface area (Å²) in [5.74, 6) is 0.929. The smallest absolute Gasteiger partial charge is 0.119 e. The van der Waals surface area contributed by atoms with Crippen molar-refractivity contribution in [3.8, 4) is 5.75 Å². The minimum absolute atomic E-state index is 0.796. The molecule has 0 N–H and O–H groups in total. The predicted molar refractivity (Wildman–Crippen MR) is 89.9 cm³/mol. The second-order valence-electron chi connectivity index (χ2n) is 5.22. The molecule has 2 aromatic carbocycles. The average molecular weight is 281 g/mol. The van der Waals surface area contributed by atoms with E-state index in [-0.39, 0.29) is 0 Å².